The Bertz CT molecular complexity index is 3480. The standard InChI is InChI=1S/2C26H20N2O.C9H8N2O2/c29-23-16-17-25-24(18-23)27-19-28(25)26(20-10-4-1-5-11-20,21-12-6-2-7-13-21)22-14-8-3-9-15-22;29-23-16-17-24-25(18-23)28(19-27-24)26(20-10-4-1-5-11-20,21-12-6-2-7-13-21)22-14-8-3-9-15-22;1-6(12)13-7-2-3-8-9(4-7)11-5-10-8/h2*1-19,29H;2-5H,1H3,(H,10,11)/p+1. The van der Waals surface area contributed by atoms with E-state index in [-0.39, 0.29) is 17.5 Å². The van der Waals surface area contributed by atoms with Gasteiger partial charge in [-0.3, -0.25) is 4.79 Å². The lowest BCUT2D eigenvalue weighted by Crippen LogP contribution is -2.57. The van der Waals surface area contributed by atoms with Crippen LogP contribution in [0.1, 0.15) is 40.3 Å². The van der Waals surface area contributed by atoms with Gasteiger partial charge < -0.3 is 24.5 Å². The van der Waals surface area contributed by atoms with Crippen LogP contribution < -0.4 is 9.30 Å². The maximum atomic E-state index is 10.6. The number of imidazole rings is 3. The van der Waals surface area contributed by atoms with Crippen LogP contribution in [0, 0.1) is 0 Å². The number of phenolic OH excluding ortho intramolecular Hbond substituents is 2. The highest BCUT2D eigenvalue weighted by molar-refractivity contribution is 5.79. The van der Waals surface area contributed by atoms with Crippen LogP contribution in [-0.2, 0) is 15.9 Å². The van der Waals surface area contributed by atoms with Gasteiger partial charge in [-0.1, -0.05) is 182 Å². The molecule has 0 aliphatic rings. The number of aromatic hydroxyl groups is 2. The molecule has 0 saturated carbocycles. The third-order valence-corrected chi connectivity index (χ3v) is 12.6. The maximum absolute atomic E-state index is 10.6. The summed E-state index contributed by atoms with van der Waals surface area (Å²) in [5.74, 6) is 0.682. The summed E-state index contributed by atoms with van der Waals surface area (Å²) in [6.07, 6.45) is 5.47. The van der Waals surface area contributed by atoms with Gasteiger partial charge in [0.15, 0.2) is 16.6 Å². The summed E-state index contributed by atoms with van der Waals surface area (Å²) in [6, 6.07) is 79.0. The van der Waals surface area contributed by atoms with Gasteiger partial charge in [-0.05, 0) is 53.1 Å². The fourth-order valence-electron chi connectivity index (χ4n) is 9.65. The number of aromatic nitrogens is 6. The van der Waals surface area contributed by atoms with E-state index in [1.807, 2.05) is 61.2 Å². The molecule has 12 aromatic rings. The molecule has 0 radical (unpaired) electrons. The van der Waals surface area contributed by atoms with E-state index in [1.165, 1.54) is 6.92 Å². The largest absolute Gasteiger partial charge is 0.508 e. The lowest BCUT2D eigenvalue weighted by atomic mass is 9.76. The Morgan fingerprint density at radius 2 is 0.972 bits per heavy atom. The Morgan fingerprint density at radius 1 is 0.507 bits per heavy atom. The Balaban J connectivity index is 0.000000132. The molecule has 0 bridgehead atoms. The molecule has 0 saturated heterocycles. The summed E-state index contributed by atoms with van der Waals surface area (Å²) in [5, 5.41) is 20.2. The Morgan fingerprint density at radius 3 is 1.48 bits per heavy atom. The highest BCUT2D eigenvalue weighted by Crippen LogP contribution is 2.43. The molecule has 3 aromatic heterocycles. The van der Waals surface area contributed by atoms with Crippen LogP contribution in [0.3, 0.4) is 0 Å². The zero-order chi connectivity index (χ0) is 48.6. The predicted octanol–water partition coefficient (Wildman–Crippen LogP) is 12.1. The molecule has 10 heteroatoms. The molecular weight excluding hydrogens is 881 g/mol. The molecule has 0 amide bonds. The number of benzene rings is 9. The van der Waals surface area contributed by atoms with Crippen LogP contribution in [0.5, 0.6) is 17.2 Å². The quantitative estimate of drug-likeness (QED) is 0.0493. The molecule has 71 heavy (non-hydrogen) atoms. The molecule has 0 atom stereocenters. The number of esters is 1. The SMILES string of the molecule is CC(=O)Oc1ccc2nc[nH]c2c1.Oc1ccc2c(c1)[nH]c[n+]2C(c1ccccc1)(c1ccccc1)c1ccccc1.Oc1ccc2ncn(C(c3ccccc3)(c3ccccc3)c3ccccc3)c2c1. The number of carbonyl (C=O) groups excluding carboxylic acids is 1. The van der Waals surface area contributed by atoms with Crippen LogP contribution in [0.2, 0.25) is 0 Å². The van der Waals surface area contributed by atoms with Crippen molar-refractivity contribution >= 4 is 39.1 Å². The summed E-state index contributed by atoms with van der Waals surface area (Å²) < 4.78 is 9.34. The third kappa shape index (κ3) is 8.77. The number of ether oxygens (including phenoxy) is 1. The van der Waals surface area contributed by atoms with E-state index in [0.29, 0.717) is 5.75 Å². The molecule has 10 nitrogen and oxygen atoms in total. The third-order valence-electron chi connectivity index (χ3n) is 12.6. The first-order valence-corrected chi connectivity index (χ1v) is 23.2. The topological polar surface area (TPSA) is 133 Å². The number of carbonyl (C=O) groups is 1. The van der Waals surface area contributed by atoms with E-state index in [4.69, 9.17) is 4.74 Å². The molecular formula is C61H49N6O4+. The summed E-state index contributed by atoms with van der Waals surface area (Å²) in [4.78, 5) is 25.6. The summed E-state index contributed by atoms with van der Waals surface area (Å²) >= 11 is 0. The summed E-state index contributed by atoms with van der Waals surface area (Å²) in [5.41, 5.74) is 11.0. The van der Waals surface area contributed by atoms with Gasteiger partial charge in [0.2, 0.25) is 6.33 Å². The average Bonchev–Trinajstić information content (AvgIpc) is 4.18. The van der Waals surface area contributed by atoms with Crippen molar-refractivity contribution in [1.29, 1.82) is 0 Å². The van der Waals surface area contributed by atoms with E-state index in [2.05, 4.69) is 175 Å². The highest BCUT2D eigenvalue weighted by Gasteiger charge is 2.44. The number of aromatic amines is 2. The first-order valence-electron chi connectivity index (χ1n) is 23.2. The van der Waals surface area contributed by atoms with Crippen LogP contribution in [0.15, 0.2) is 256 Å². The van der Waals surface area contributed by atoms with Crippen molar-refractivity contribution in [3.8, 4) is 17.2 Å². The van der Waals surface area contributed by atoms with Crippen molar-refractivity contribution < 1.29 is 24.3 Å². The zero-order valence-electron chi connectivity index (χ0n) is 38.7. The van der Waals surface area contributed by atoms with Gasteiger partial charge in [-0.15, -0.1) is 0 Å². The van der Waals surface area contributed by atoms with Gasteiger partial charge in [0, 0.05) is 41.8 Å². The normalized spacial score (nSPS) is 11.3. The molecule has 0 fully saturated rings. The predicted molar refractivity (Wildman–Crippen MR) is 278 cm³/mol. The van der Waals surface area contributed by atoms with Crippen molar-refractivity contribution in [3.63, 3.8) is 0 Å². The lowest BCUT2D eigenvalue weighted by molar-refractivity contribution is -0.710. The number of H-pyrrole nitrogens is 2. The van der Waals surface area contributed by atoms with Crippen molar-refractivity contribution in [2.45, 2.75) is 18.0 Å². The van der Waals surface area contributed by atoms with Crippen molar-refractivity contribution in [2.75, 3.05) is 0 Å². The molecule has 0 aliphatic heterocycles. The van der Waals surface area contributed by atoms with Gasteiger partial charge in [0.1, 0.15) is 22.8 Å². The number of hydrogen-bond acceptors (Lipinski definition) is 6. The Kier molecular flexibility index (Phi) is 12.7. The number of hydrogen-bond donors (Lipinski definition) is 4. The van der Waals surface area contributed by atoms with Crippen molar-refractivity contribution in [3.05, 3.63) is 289 Å². The molecule has 4 N–H and O–H groups in total. The van der Waals surface area contributed by atoms with Gasteiger partial charge in [-0.25, -0.2) is 19.5 Å². The number of nitrogens with one attached hydrogen (secondary N) is 2. The fraction of sp³-hybridized carbons (Fsp3) is 0.0492. The number of rotatable bonds is 9. The fourth-order valence-corrected chi connectivity index (χ4v) is 9.65. The smallest absolute Gasteiger partial charge is 0.308 e. The van der Waals surface area contributed by atoms with E-state index < -0.39 is 11.1 Å². The number of nitrogens with zero attached hydrogens (tertiary/aromatic N) is 4. The summed E-state index contributed by atoms with van der Waals surface area (Å²) in [7, 11) is 0. The first-order chi connectivity index (χ1) is 34.8. The van der Waals surface area contributed by atoms with Gasteiger partial charge in [-0.2, -0.15) is 0 Å². The van der Waals surface area contributed by atoms with Crippen molar-refractivity contribution in [2.24, 2.45) is 0 Å². The second-order valence-corrected chi connectivity index (χ2v) is 16.9. The van der Waals surface area contributed by atoms with Crippen LogP contribution in [0.4, 0.5) is 0 Å². The second kappa shape index (κ2) is 20.0. The highest BCUT2D eigenvalue weighted by atomic mass is 16.5. The molecule has 0 aliphatic carbocycles. The molecule has 0 spiro atoms. The lowest BCUT2D eigenvalue weighted by Gasteiger charge is -2.38. The average molecular weight is 930 g/mol. The minimum atomic E-state index is -0.633. The minimum Gasteiger partial charge on any atom is -0.508 e. The van der Waals surface area contributed by atoms with Gasteiger partial charge in [0.05, 0.1) is 34.7 Å². The van der Waals surface area contributed by atoms with E-state index in [9.17, 15) is 15.0 Å². The van der Waals surface area contributed by atoms with Gasteiger partial charge in [0.25, 0.3) is 0 Å². The second-order valence-electron chi connectivity index (χ2n) is 16.9. The molecule has 346 valence electrons. The molecule has 3 heterocycles. The monoisotopic (exact) mass is 929 g/mol. The number of phenols is 2. The van der Waals surface area contributed by atoms with E-state index in [0.717, 1.165) is 66.5 Å². The first kappa shape index (κ1) is 45.3. The van der Waals surface area contributed by atoms with Crippen molar-refractivity contribution in [1.82, 2.24) is 24.5 Å². The van der Waals surface area contributed by atoms with E-state index in [1.54, 1.807) is 48.8 Å². The molecule has 0 unspecified atom stereocenters. The van der Waals surface area contributed by atoms with E-state index >= 15 is 0 Å². The maximum Gasteiger partial charge on any atom is 0.308 e. The minimum absolute atomic E-state index is 0.224. The molecule has 12 rings (SSSR count). The Hall–Kier alpha value is -9.54. The Labute approximate surface area is 410 Å². The van der Waals surface area contributed by atoms with Crippen LogP contribution in [-0.4, -0.2) is 40.7 Å². The molecule has 9 aromatic carbocycles. The van der Waals surface area contributed by atoms with Crippen LogP contribution in [0.25, 0.3) is 33.1 Å². The van der Waals surface area contributed by atoms with Crippen LogP contribution >= 0.6 is 0 Å². The summed E-state index contributed by atoms with van der Waals surface area (Å²) in [6.45, 7) is 1.37. The zero-order valence-corrected chi connectivity index (χ0v) is 38.7. The number of fused-ring (bicyclic) bond motifs is 3. The van der Waals surface area contributed by atoms with Gasteiger partial charge >= 0.3 is 5.97 Å².